The number of pyridine rings is 1. The van der Waals surface area contributed by atoms with E-state index in [2.05, 4.69) is 10.3 Å². The Hall–Kier alpha value is -3.88. The Morgan fingerprint density at radius 3 is 2.25 bits per heavy atom. The molecule has 0 radical (unpaired) electrons. The fourth-order valence-electron chi connectivity index (χ4n) is 3.46. The molecule has 6 nitrogen and oxygen atoms in total. The molecule has 0 aliphatic heterocycles. The van der Waals surface area contributed by atoms with Crippen LogP contribution in [-0.2, 0) is 17.4 Å². The van der Waals surface area contributed by atoms with Gasteiger partial charge in [-0.1, -0.05) is 18.2 Å². The summed E-state index contributed by atoms with van der Waals surface area (Å²) in [5.41, 5.74) is 2.08. The third-order valence-electron chi connectivity index (χ3n) is 5.45. The van der Waals surface area contributed by atoms with E-state index in [4.69, 9.17) is 9.84 Å². The van der Waals surface area contributed by atoms with Crippen LogP contribution in [0, 0.1) is 0 Å². The molecule has 0 spiro atoms. The predicted octanol–water partition coefficient (Wildman–Crippen LogP) is 5.76. The molecule has 0 aliphatic carbocycles. The Labute approximate surface area is 207 Å². The normalized spacial score (nSPS) is 11.2. The number of carboxylic acids is 1. The topological polar surface area (TPSA) is 88.5 Å². The van der Waals surface area contributed by atoms with Gasteiger partial charge in [0.25, 0.3) is 5.91 Å². The van der Waals surface area contributed by atoms with Crippen LogP contribution in [0.2, 0.25) is 0 Å². The van der Waals surface area contributed by atoms with E-state index in [9.17, 15) is 22.8 Å². The van der Waals surface area contributed by atoms with Gasteiger partial charge in [-0.3, -0.25) is 14.6 Å². The van der Waals surface area contributed by atoms with Gasteiger partial charge in [0.05, 0.1) is 24.3 Å². The SMILES string of the molecule is O=C(O)CCNC(=O)c1ccc(OCCCCCc2ccc(-c3ccc(C(F)(F)F)cc3)nc2)cc1. The summed E-state index contributed by atoms with van der Waals surface area (Å²) in [5.74, 6) is -0.643. The summed E-state index contributed by atoms with van der Waals surface area (Å²) < 4.78 is 43.8. The molecular weight excluding hydrogens is 473 g/mol. The molecule has 0 bridgehead atoms. The number of hydrogen-bond acceptors (Lipinski definition) is 4. The number of nitrogens with zero attached hydrogens (tertiary/aromatic N) is 1. The second-order valence-electron chi connectivity index (χ2n) is 8.21. The molecule has 3 aromatic rings. The number of rotatable bonds is 12. The Morgan fingerprint density at radius 2 is 1.64 bits per heavy atom. The number of carbonyl (C=O) groups is 2. The Morgan fingerprint density at radius 1 is 0.917 bits per heavy atom. The molecule has 0 saturated heterocycles. The maximum atomic E-state index is 12.7. The molecule has 0 atom stereocenters. The number of carboxylic acid groups (broad SMARTS) is 1. The molecule has 9 heteroatoms. The zero-order chi connectivity index (χ0) is 26.0. The minimum Gasteiger partial charge on any atom is -0.494 e. The van der Waals surface area contributed by atoms with E-state index in [0.717, 1.165) is 43.4 Å². The van der Waals surface area contributed by atoms with Crippen molar-refractivity contribution in [1.82, 2.24) is 10.3 Å². The fraction of sp³-hybridized carbons (Fsp3) is 0.296. The van der Waals surface area contributed by atoms with Gasteiger partial charge in [0, 0.05) is 23.9 Å². The third-order valence-corrected chi connectivity index (χ3v) is 5.45. The zero-order valence-electron chi connectivity index (χ0n) is 19.6. The lowest BCUT2D eigenvalue weighted by molar-refractivity contribution is -0.138. The number of carbonyl (C=O) groups excluding carboxylic acids is 1. The summed E-state index contributed by atoms with van der Waals surface area (Å²) >= 11 is 0. The highest BCUT2D eigenvalue weighted by molar-refractivity contribution is 5.94. The van der Waals surface area contributed by atoms with E-state index in [-0.39, 0.29) is 18.9 Å². The first-order valence-corrected chi connectivity index (χ1v) is 11.6. The summed E-state index contributed by atoms with van der Waals surface area (Å²) in [5, 5.41) is 11.2. The minimum atomic E-state index is -4.35. The molecule has 0 aliphatic rings. The number of hydrogen-bond donors (Lipinski definition) is 2. The van der Waals surface area contributed by atoms with Crippen molar-refractivity contribution in [2.45, 2.75) is 38.3 Å². The quantitative estimate of drug-likeness (QED) is 0.309. The number of aryl methyl sites for hydroxylation is 1. The minimum absolute atomic E-state index is 0.0752. The summed E-state index contributed by atoms with van der Waals surface area (Å²) in [6, 6.07) is 15.4. The average Bonchev–Trinajstić information content (AvgIpc) is 2.86. The van der Waals surface area contributed by atoms with Crippen molar-refractivity contribution in [3.8, 4) is 17.0 Å². The largest absolute Gasteiger partial charge is 0.494 e. The number of aliphatic carboxylic acids is 1. The van der Waals surface area contributed by atoms with Crippen LogP contribution >= 0.6 is 0 Å². The molecule has 36 heavy (non-hydrogen) atoms. The van der Waals surface area contributed by atoms with Gasteiger partial charge >= 0.3 is 12.1 Å². The van der Waals surface area contributed by atoms with Gasteiger partial charge < -0.3 is 15.2 Å². The summed E-state index contributed by atoms with van der Waals surface area (Å²) in [6.45, 7) is 0.612. The number of nitrogens with one attached hydrogen (secondary N) is 1. The Balaban J connectivity index is 1.34. The first-order chi connectivity index (χ1) is 17.2. The highest BCUT2D eigenvalue weighted by Crippen LogP contribution is 2.30. The molecular formula is C27H27F3N2O4. The van der Waals surface area contributed by atoms with E-state index >= 15 is 0 Å². The number of amides is 1. The number of alkyl halides is 3. The third kappa shape index (κ3) is 8.41. The zero-order valence-corrected chi connectivity index (χ0v) is 19.6. The summed E-state index contributed by atoms with van der Waals surface area (Å²) in [6.07, 6.45) is 0.862. The van der Waals surface area contributed by atoms with Crippen LogP contribution in [0.25, 0.3) is 11.3 Å². The van der Waals surface area contributed by atoms with Crippen molar-refractivity contribution >= 4 is 11.9 Å². The van der Waals surface area contributed by atoms with Gasteiger partial charge in [0.2, 0.25) is 0 Å². The maximum absolute atomic E-state index is 12.7. The van der Waals surface area contributed by atoms with E-state index in [1.165, 1.54) is 12.1 Å². The number of aromatic nitrogens is 1. The molecule has 0 unspecified atom stereocenters. The van der Waals surface area contributed by atoms with Crippen LogP contribution in [-0.4, -0.2) is 35.1 Å². The smallest absolute Gasteiger partial charge is 0.416 e. The van der Waals surface area contributed by atoms with Crippen LogP contribution in [0.3, 0.4) is 0 Å². The molecule has 1 amide bonds. The average molecular weight is 501 g/mol. The van der Waals surface area contributed by atoms with Gasteiger partial charge in [-0.25, -0.2) is 0 Å². The second kappa shape index (κ2) is 12.7. The van der Waals surface area contributed by atoms with E-state index in [0.29, 0.717) is 29.2 Å². The van der Waals surface area contributed by atoms with Gasteiger partial charge in [-0.05, 0) is 73.7 Å². The van der Waals surface area contributed by atoms with Crippen molar-refractivity contribution < 1.29 is 32.6 Å². The van der Waals surface area contributed by atoms with Crippen LogP contribution in [0.15, 0.2) is 66.9 Å². The molecule has 2 aromatic carbocycles. The Kier molecular flexibility index (Phi) is 9.44. The highest BCUT2D eigenvalue weighted by atomic mass is 19.4. The van der Waals surface area contributed by atoms with Crippen molar-refractivity contribution in [2.24, 2.45) is 0 Å². The number of benzene rings is 2. The van der Waals surface area contributed by atoms with Crippen LogP contribution in [0.5, 0.6) is 5.75 Å². The lowest BCUT2D eigenvalue weighted by Gasteiger charge is -2.08. The first kappa shape index (κ1) is 26.7. The monoisotopic (exact) mass is 500 g/mol. The highest BCUT2D eigenvalue weighted by Gasteiger charge is 2.30. The van der Waals surface area contributed by atoms with Crippen molar-refractivity contribution in [3.63, 3.8) is 0 Å². The number of halogens is 3. The van der Waals surface area contributed by atoms with Gasteiger partial charge in [-0.15, -0.1) is 0 Å². The van der Waals surface area contributed by atoms with Gasteiger partial charge in [-0.2, -0.15) is 13.2 Å². The summed E-state index contributed by atoms with van der Waals surface area (Å²) in [4.78, 5) is 26.8. The first-order valence-electron chi connectivity index (χ1n) is 11.6. The lowest BCUT2D eigenvalue weighted by Crippen LogP contribution is -2.25. The standard InChI is InChI=1S/C27H27F3N2O4/c28-27(29,30)22-10-6-20(7-11-22)24-14-5-19(18-32-24)4-2-1-3-17-36-23-12-8-21(9-13-23)26(35)31-16-15-25(33)34/h5-14,18H,1-4,15-17H2,(H,31,35)(H,33,34). The lowest BCUT2D eigenvalue weighted by atomic mass is 10.1. The fourth-order valence-corrected chi connectivity index (χ4v) is 3.46. The molecule has 0 saturated carbocycles. The Bertz CT molecular complexity index is 1130. The van der Waals surface area contributed by atoms with E-state index in [1.807, 2.05) is 12.1 Å². The molecule has 3 rings (SSSR count). The maximum Gasteiger partial charge on any atom is 0.416 e. The van der Waals surface area contributed by atoms with E-state index < -0.39 is 17.7 Å². The van der Waals surface area contributed by atoms with E-state index in [1.54, 1.807) is 30.5 Å². The molecule has 1 aromatic heterocycles. The van der Waals surface area contributed by atoms with Crippen molar-refractivity contribution in [2.75, 3.05) is 13.2 Å². The number of unbranched alkanes of at least 4 members (excludes halogenated alkanes) is 2. The van der Waals surface area contributed by atoms with Gasteiger partial charge in [0.1, 0.15) is 5.75 Å². The van der Waals surface area contributed by atoms with Crippen molar-refractivity contribution in [3.05, 3.63) is 83.6 Å². The molecule has 2 N–H and O–H groups in total. The van der Waals surface area contributed by atoms with Gasteiger partial charge in [0.15, 0.2) is 0 Å². The molecule has 190 valence electrons. The second-order valence-corrected chi connectivity index (χ2v) is 8.21. The van der Waals surface area contributed by atoms with Crippen LogP contribution in [0.4, 0.5) is 13.2 Å². The van der Waals surface area contributed by atoms with Crippen LogP contribution in [0.1, 0.15) is 47.2 Å². The number of ether oxygens (including phenoxy) is 1. The van der Waals surface area contributed by atoms with Crippen LogP contribution < -0.4 is 10.1 Å². The molecule has 1 heterocycles. The predicted molar refractivity (Wildman–Crippen MR) is 129 cm³/mol. The summed E-state index contributed by atoms with van der Waals surface area (Å²) in [7, 11) is 0. The molecule has 0 fully saturated rings. The van der Waals surface area contributed by atoms with Crippen molar-refractivity contribution in [1.29, 1.82) is 0 Å².